The van der Waals surface area contributed by atoms with E-state index in [0.717, 1.165) is 12.0 Å². The maximum absolute atomic E-state index is 12.4. The molecule has 2 aromatic carbocycles. The monoisotopic (exact) mass is 288 g/mol. The van der Waals surface area contributed by atoms with Crippen LogP contribution in [0.2, 0.25) is 0 Å². The molecule has 0 N–H and O–H groups in total. The molecule has 0 heterocycles. The van der Waals surface area contributed by atoms with Gasteiger partial charge in [-0.3, -0.25) is 0 Å². The number of hydrogen-bond donors (Lipinski definition) is 0. The van der Waals surface area contributed by atoms with Gasteiger partial charge in [0.1, 0.15) is 12.8 Å². The van der Waals surface area contributed by atoms with Crippen LogP contribution in [0.15, 0.2) is 53.7 Å². The third kappa shape index (κ3) is 4.67. The second kappa shape index (κ2) is 7.53. The Kier molecular flexibility index (Phi) is 5.43. The number of benzene rings is 2. The molecule has 21 heavy (non-hydrogen) atoms. The molecule has 0 bridgehead atoms. The van der Waals surface area contributed by atoms with Crippen molar-refractivity contribution >= 4 is 6.21 Å². The Morgan fingerprint density at radius 2 is 1.81 bits per heavy atom. The standard InChI is InChI=1S/C17H16F2NO/c1-2-13-4-3-5-15(10-13)12-21-20-11-14-6-8-16(9-7-14)17(18)19/h3-10,17H,2,12H2,1H3. The Bertz CT molecular complexity index is 594. The minimum atomic E-state index is -2.46. The van der Waals surface area contributed by atoms with Gasteiger partial charge in [-0.2, -0.15) is 0 Å². The van der Waals surface area contributed by atoms with Gasteiger partial charge in [0.2, 0.25) is 0 Å². The first-order chi connectivity index (χ1) is 10.2. The summed E-state index contributed by atoms with van der Waals surface area (Å²) in [5.41, 5.74) is 2.86. The molecule has 0 aliphatic rings. The Morgan fingerprint density at radius 1 is 1.10 bits per heavy atom. The van der Waals surface area contributed by atoms with Crippen molar-refractivity contribution in [3.63, 3.8) is 0 Å². The van der Waals surface area contributed by atoms with E-state index >= 15 is 0 Å². The van der Waals surface area contributed by atoms with Crippen LogP contribution in [0.3, 0.4) is 0 Å². The molecule has 4 heteroatoms. The third-order valence-electron chi connectivity index (χ3n) is 3.03. The summed E-state index contributed by atoms with van der Waals surface area (Å²) in [5.74, 6) is 0. The predicted molar refractivity (Wildman–Crippen MR) is 78.5 cm³/mol. The highest BCUT2D eigenvalue weighted by Crippen LogP contribution is 2.18. The molecule has 0 saturated carbocycles. The minimum Gasteiger partial charge on any atom is -0.390 e. The molecule has 0 atom stereocenters. The SMILES string of the molecule is CCc1cccc(CO/N=[C]\c2ccc(C(F)F)cc2)c1. The summed E-state index contributed by atoms with van der Waals surface area (Å²) in [6.45, 7) is 2.45. The lowest BCUT2D eigenvalue weighted by atomic mass is 10.1. The smallest absolute Gasteiger partial charge is 0.263 e. The zero-order chi connectivity index (χ0) is 15.1. The molecule has 0 aliphatic heterocycles. The summed E-state index contributed by atoms with van der Waals surface area (Å²) in [6.07, 6.45) is 1.18. The summed E-state index contributed by atoms with van der Waals surface area (Å²) in [7, 11) is 0. The first kappa shape index (κ1) is 15.2. The van der Waals surface area contributed by atoms with Crippen molar-refractivity contribution < 1.29 is 13.6 Å². The van der Waals surface area contributed by atoms with Crippen LogP contribution in [0.4, 0.5) is 8.78 Å². The van der Waals surface area contributed by atoms with Crippen LogP contribution in [-0.4, -0.2) is 6.21 Å². The van der Waals surface area contributed by atoms with Crippen LogP contribution in [0.5, 0.6) is 0 Å². The first-order valence-corrected chi connectivity index (χ1v) is 6.73. The van der Waals surface area contributed by atoms with Gasteiger partial charge in [-0.15, -0.1) is 0 Å². The lowest BCUT2D eigenvalue weighted by Gasteiger charge is -2.02. The van der Waals surface area contributed by atoms with E-state index in [1.165, 1.54) is 29.8 Å². The van der Waals surface area contributed by atoms with E-state index in [4.69, 9.17) is 4.84 Å². The lowest BCUT2D eigenvalue weighted by molar-refractivity contribution is 0.132. The Hall–Kier alpha value is -2.23. The van der Waals surface area contributed by atoms with Crippen molar-refractivity contribution in [2.45, 2.75) is 26.4 Å². The maximum atomic E-state index is 12.4. The quantitative estimate of drug-likeness (QED) is 0.561. The number of rotatable bonds is 6. The highest BCUT2D eigenvalue weighted by Gasteiger charge is 2.05. The zero-order valence-electron chi connectivity index (χ0n) is 11.7. The normalized spacial score (nSPS) is 11.2. The van der Waals surface area contributed by atoms with Gasteiger partial charge in [0.15, 0.2) is 0 Å². The van der Waals surface area contributed by atoms with Crippen LogP contribution >= 0.6 is 0 Å². The van der Waals surface area contributed by atoms with Gasteiger partial charge in [0, 0.05) is 11.1 Å². The fourth-order valence-corrected chi connectivity index (χ4v) is 1.83. The highest BCUT2D eigenvalue weighted by molar-refractivity contribution is 5.79. The Labute approximate surface area is 123 Å². The van der Waals surface area contributed by atoms with E-state index in [-0.39, 0.29) is 5.56 Å². The molecule has 0 fully saturated rings. The molecule has 109 valence electrons. The van der Waals surface area contributed by atoms with Crippen LogP contribution in [0.25, 0.3) is 0 Å². The molecular weight excluding hydrogens is 272 g/mol. The largest absolute Gasteiger partial charge is 0.390 e. The van der Waals surface area contributed by atoms with Crippen LogP contribution in [0.1, 0.15) is 35.6 Å². The average molecular weight is 288 g/mol. The molecule has 1 radical (unpaired) electrons. The van der Waals surface area contributed by atoms with Crippen molar-refractivity contribution in [2.75, 3.05) is 0 Å². The first-order valence-electron chi connectivity index (χ1n) is 6.73. The van der Waals surface area contributed by atoms with Crippen molar-refractivity contribution in [2.24, 2.45) is 5.16 Å². The lowest BCUT2D eigenvalue weighted by Crippen LogP contribution is -1.91. The summed E-state index contributed by atoms with van der Waals surface area (Å²) in [5, 5.41) is 3.73. The minimum absolute atomic E-state index is 0.0159. The summed E-state index contributed by atoms with van der Waals surface area (Å²) >= 11 is 0. The summed E-state index contributed by atoms with van der Waals surface area (Å²) < 4.78 is 24.8. The Morgan fingerprint density at radius 3 is 2.48 bits per heavy atom. The van der Waals surface area contributed by atoms with Gasteiger partial charge >= 0.3 is 0 Å². The van der Waals surface area contributed by atoms with E-state index in [1.54, 1.807) is 0 Å². The van der Waals surface area contributed by atoms with Crippen molar-refractivity contribution in [3.8, 4) is 0 Å². The van der Waals surface area contributed by atoms with E-state index in [2.05, 4.69) is 30.4 Å². The van der Waals surface area contributed by atoms with Gasteiger partial charge in [-0.05, 0) is 17.5 Å². The highest BCUT2D eigenvalue weighted by atomic mass is 19.3. The van der Waals surface area contributed by atoms with Gasteiger partial charge in [0.25, 0.3) is 6.43 Å². The van der Waals surface area contributed by atoms with Crippen molar-refractivity contribution in [1.29, 1.82) is 0 Å². The van der Waals surface area contributed by atoms with E-state index in [0.29, 0.717) is 12.2 Å². The number of hydrogen-bond acceptors (Lipinski definition) is 2. The summed E-state index contributed by atoms with van der Waals surface area (Å²) in [4.78, 5) is 5.17. The molecule has 2 rings (SSSR count). The van der Waals surface area contributed by atoms with Gasteiger partial charge in [-0.25, -0.2) is 8.78 Å². The number of aryl methyl sites for hydroxylation is 1. The van der Waals surface area contributed by atoms with Crippen molar-refractivity contribution in [3.05, 3.63) is 70.8 Å². The van der Waals surface area contributed by atoms with E-state index in [1.807, 2.05) is 12.1 Å². The zero-order valence-corrected chi connectivity index (χ0v) is 11.7. The molecule has 0 amide bonds. The third-order valence-corrected chi connectivity index (χ3v) is 3.03. The predicted octanol–water partition coefficient (Wildman–Crippen LogP) is 4.61. The topological polar surface area (TPSA) is 21.6 Å². The van der Waals surface area contributed by atoms with Crippen LogP contribution < -0.4 is 0 Å². The molecule has 0 saturated heterocycles. The number of alkyl halides is 2. The van der Waals surface area contributed by atoms with Crippen molar-refractivity contribution in [1.82, 2.24) is 0 Å². The number of halogens is 2. The van der Waals surface area contributed by atoms with E-state index in [9.17, 15) is 8.78 Å². The molecule has 0 aliphatic carbocycles. The molecule has 0 unspecified atom stereocenters. The molecule has 2 nitrogen and oxygen atoms in total. The summed E-state index contributed by atoms with van der Waals surface area (Å²) in [6, 6.07) is 13.8. The second-order valence-corrected chi connectivity index (χ2v) is 4.57. The van der Waals surface area contributed by atoms with Gasteiger partial charge < -0.3 is 4.84 Å². The van der Waals surface area contributed by atoms with Gasteiger partial charge in [0.05, 0.1) is 0 Å². The maximum Gasteiger partial charge on any atom is 0.263 e. The van der Waals surface area contributed by atoms with Crippen LogP contribution in [-0.2, 0) is 17.9 Å². The number of nitrogens with zero attached hydrogens (tertiary/aromatic N) is 1. The molecule has 2 aromatic rings. The van der Waals surface area contributed by atoms with Gasteiger partial charge in [-0.1, -0.05) is 60.6 Å². The average Bonchev–Trinajstić information content (AvgIpc) is 2.52. The molecular formula is C17H16F2NO. The van der Waals surface area contributed by atoms with Crippen LogP contribution in [0, 0.1) is 0 Å². The Balaban J connectivity index is 1.87. The fourth-order valence-electron chi connectivity index (χ4n) is 1.83. The fraction of sp³-hybridized carbons (Fsp3) is 0.235. The molecule has 0 spiro atoms. The van der Waals surface area contributed by atoms with E-state index < -0.39 is 6.43 Å². The second-order valence-electron chi connectivity index (χ2n) is 4.57. The molecule has 0 aromatic heterocycles.